The van der Waals surface area contributed by atoms with E-state index < -0.39 is 24.0 Å². The fourth-order valence-electron chi connectivity index (χ4n) is 3.01. The van der Waals surface area contributed by atoms with E-state index in [0.717, 1.165) is 31.2 Å². The van der Waals surface area contributed by atoms with Gasteiger partial charge in [-0.3, -0.25) is 10.1 Å². The Balaban J connectivity index is 1.80. The van der Waals surface area contributed by atoms with Crippen molar-refractivity contribution in [3.8, 4) is 5.75 Å². The molecule has 0 saturated heterocycles. The smallest absolute Gasteiger partial charge is 0.331 e. The summed E-state index contributed by atoms with van der Waals surface area (Å²) in [6.45, 7) is 3.80. The van der Waals surface area contributed by atoms with Crippen LogP contribution < -0.4 is 15.4 Å². The molecule has 28 heavy (non-hydrogen) atoms. The Labute approximate surface area is 165 Å². The summed E-state index contributed by atoms with van der Waals surface area (Å²) in [4.78, 5) is 35.9. The zero-order valence-corrected chi connectivity index (χ0v) is 16.4. The van der Waals surface area contributed by atoms with Crippen molar-refractivity contribution in [3.63, 3.8) is 0 Å². The molecular formula is C21H28N2O5. The van der Waals surface area contributed by atoms with Gasteiger partial charge < -0.3 is 14.8 Å². The summed E-state index contributed by atoms with van der Waals surface area (Å²) in [7, 11) is 0. The van der Waals surface area contributed by atoms with Crippen molar-refractivity contribution in [2.45, 2.75) is 58.1 Å². The van der Waals surface area contributed by atoms with Crippen LogP contribution in [0.1, 0.15) is 51.5 Å². The van der Waals surface area contributed by atoms with Crippen molar-refractivity contribution < 1.29 is 23.9 Å². The lowest BCUT2D eigenvalue weighted by Gasteiger charge is -2.23. The Kier molecular flexibility index (Phi) is 8.52. The number of nitrogens with one attached hydrogen (secondary N) is 2. The van der Waals surface area contributed by atoms with Crippen molar-refractivity contribution in [2.75, 3.05) is 6.61 Å². The van der Waals surface area contributed by atoms with E-state index in [1.807, 2.05) is 19.1 Å². The highest BCUT2D eigenvalue weighted by molar-refractivity contribution is 5.98. The predicted molar refractivity (Wildman–Crippen MR) is 106 cm³/mol. The van der Waals surface area contributed by atoms with Gasteiger partial charge in [-0.2, -0.15) is 0 Å². The fraction of sp³-hybridized carbons (Fsp3) is 0.476. The summed E-state index contributed by atoms with van der Waals surface area (Å²) in [6, 6.07) is 6.81. The molecule has 1 aliphatic rings. The second-order valence-electron chi connectivity index (χ2n) is 6.68. The molecule has 0 bridgehead atoms. The summed E-state index contributed by atoms with van der Waals surface area (Å²) >= 11 is 0. The number of urea groups is 1. The van der Waals surface area contributed by atoms with Gasteiger partial charge in [-0.05, 0) is 38.8 Å². The number of para-hydroxylation sites is 1. The molecule has 1 aromatic carbocycles. The molecular weight excluding hydrogens is 360 g/mol. The number of ether oxygens (including phenoxy) is 2. The molecule has 0 unspecified atom stereocenters. The first-order valence-electron chi connectivity index (χ1n) is 9.71. The van der Waals surface area contributed by atoms with Crippen LogP contribution in [0.25, 0.3) is 6.08 Å². The van der Waals surface area contributed by atoms with Crippen molar-refractivity contribution in [2.24, 2.45) is 0 Å². The summed E-state index contributed by atoms with van der Waals surface area (Å²) < 4.78 is 10.5. The Bertz CT molecular complexity index is 711. The molecule has 7 heteroatoms. The zero-order chi connectivity index (χ0) is 20.4. The SMILES string of the molecule is CCOc1ccccc1/C=C/C(=O)O[C@@H](C)C(=O)NC(=O)NC1CCCCC1. The number of carbonyl (C=O) groups excluding carboxylic acids is 3. The average molecular weight is 388 g/mol. The van der Waals surface area contributed by atoms with Gasteiger partial charge in [0.25, 0.3) is 5.91 Å². The molecule has 1 aliphatic carbocycles. The normalized spacial score (nSPS) is 15.6. The van der Waals surface area contributed by atoms with Gasteiger partial charge in [0.1, 0.15) is 5.75 Å². The van der Waals surface area contributed by atoms with Crippen LogP contribution in [0.4, 0.5) is 4.79 Å². The lowest BCUT2D eigenvalue weighted by Crippen LogP contribution is -2.48. The Morgan fingerprint density at radius 3 is 2.61 bits per heavy atom. The molecule has 2 rings (SSSR count). The van der Waals surface area contributed by atoms with Crippen LogP contribution in [0.2, 0.25) is 0 Å². The molecule has 3 amide bonds. The molecule has 0 spiro atoms. The fourth-order valence-corrected chi connectivity index (χ4v) is 3.01. The minimum atomic E-state index is -1.09. The summed E-state index contributed by atoms with van der Waals surface area (Å²) in [5.41, 5.74) is 0.727. The van der Waals surface area contributed by atoms with Crippen LogP contribution in [0.5, 0.6) is 5.75 Å². The van der Waals surface area contributed by atoms with Crippen molar-refractivity contribution >= 4 is 24.0 Å². The molecule has 2 N–H and O–H groups in total. The third-order valence-electron chi connectivity index (χ3n) is 4.46. The highest BCUT2D eigenvalue weighted by Crippen LogP contribution is 2.19. The largest absolute Gasteiger partial charge is 0.493 e. The number of amides is 3. The summed E-state index contributed by atoms with van der Waals surface area (Å²) in [5.74, 6) is -0.689. The average Bonchev–Trinajstić information content (AvgIpc) is 2.68. The molecule has 152 valence electrons. The van der Waals surface area contributed by atoms with Crippen LogP contribution in [0.15, 0.2) is 30.3 Å². The van der Waals surface area contributed by atoms with E-state index in [9.17, 15) is 14.4 Å². The molecule has 0 aromatic heterocycles. The van der Waals surface area contributed by atoms with Crippen LogP contribution >= 0.6 is 0 Å². The van der Waals surface area contributed by atoms with E-state index in [4.69, 9.17) is 9.47 Å². The second-order valence-corrected chi connectivity index (χ2v) is 6.68. The quantitative estimate of drug-likeness (QED) is 0.553. The van der Waals surface area contributed by atoms with Crippen LogP contribution in [0, 0.1) is 0 Å². The maximum absolute atomic E-state index is 12.1. The maximum Gasteiger partial charge on any atom is 0.331 e. The molecule has 7 nitrogen and oxygen atoms in total. The zero-order valence-electron chi connectivity index (χ0n) is 16.4. The van der Waals surface area contributed by atoms with Crippen LogP contribution in [-0.4, -0.2) is 36.7 Å². The standard InChI is InChI=1S/C21H28N2O5/c1-3-27-18-12-8-7-9-16(18)13-14-19(24)28-15(2)20(25)23-21(26)22-17-10-5-4-6-11-17/h7-9,12-15,17H,3-6,10-11H2,1-2H3,(H2,22,23,25,26)/b14-13+/t15-/m0/s1. The Hall–Kier alpha value is -2.83. The molecule has 1 fully saturated rings. The van der Waals surface area contributed by atoms with Gasteiger partial charge in [0, 0.05) is 17.7 Å². The minimum Gasteiger partial charge on any atom is -0.493 e. The number of carbonyl (C=O) groups is 3. The van der Waals surface area contributed by atoms with Crippen LogP contribution in [0.3, 0.4) is 0 Å². The van der Waals surface area contributed by atoms with Gasteiger partial charge in [-0.25, -0.2) is 9.59 Å². The van der Waals surface area contributed by atoms with Gasteiger partial charge >= 0.3 is 12.0 Å². The van der Waals surface area contributed by atoms with E-state index in [-0.39, 0.29) is 6.04 Å². The van der Waals surface area contributed by atoms with Gasteiger partial charge in [-0.15, -0.1) is 0 Å². The Morgan fingerprint density at radius 1 is 1.18 bits per heavy atom. The van der Waals surface area contributed by atoms with E-state index in [1.165, 1.54) is 19.4 Å². The number of rotatable bonds is 7. The number of esters is 1. The van der Waals surface area contributed by atoms with Gasteiger partial charge in [0.05, 0.1) is 6.61 Å². The number of imide groups is 1. The number of hydrogen-bond acceptors (Lipinski definition) is 5. The highest BCUT2D eigenvalue weighted by Gasteiger charge is 2.21. The Morgan fingerprint density at radius 2 is 1.89 bits per heavy atom. The lowest BCUT2D eigenvalue weighted by molar-refractivity contribution is -0.149. The highest BCUT2D eigenvalue weighted by atomic mass is 16.5. The third kappa shape index (κ3) is 7.06. The van der Waals surface area contributed by atoms with E-state index in [2.05, 4.69) is 10.6 Å². The van der Waals surface area contributed by atoms with Crippen molar-refractivity contribution in [1.29, 1.82) is 0 Å². The molecule has 0 aliphatic heterocycles. The third-order valence-corrected chi connectivity index (χ3v) is 4.46. The van der Waals surface area contributed by atoms with Gasteiger partial charge in [0.15, 0.2) is 6.10 Å². The predicted octanol–water partition coefficient (Wildman–Crippen LogP) is 3.19. The topological polar surface area (TPSA) is 93.7 Å². The first kappa shape index (κ1) is 21.5. The van der Waals surface area contributed by atoms with E-state index in [0.29, 0.717) is 12.4 Å². The van der Waals surface area contributed by atoms with Gasteiger partial charge in [0.2, 0.25) is 0 Å². The summed E-state index contributed by atoms with van der Waals surface area (Å²) in [5, 5.41) is 5.01. The molecule has 1 atom stereocenters. The molecule has 0 radical (unpaired) electrons. The van der Waals surface area contributed by atoms with E-state index in [1.54, 1.807) is 18.2 Å². The molecule has 1 aromatic rings. The van der Waals surface area contributed by atoms with Crippen molar-refractivity contribution in [1.82, 2.24) is 10.6 Å². The number of hydrogen-bond donors (Lipinski definition) is 2. The van der Waals surface area contributed by atoms with Crippen molar-refractivity contribution in [3.05, 3.63) is 35.9 Å². The number of benzene rings is 1. The second kappa shape index (κ2) is 11.1. The molecule has 0 heterocycles. The minimum absolute atomic E-state index is 0.0905. The first-order chi connectivity index (χ1) is 13.5. The first-order valence-corrected chi connectivity index (χ1v) is 9.71. The lowest BCUT2D eigenvalue weighted by atomic mass is 9.96. The monoisotopic (exact) mass is 388 g/mol. The maximum atomic E-state index is 12.1. The summed E-state index contributed by atoms with van der Waals surface area (Å²) in [6.07, 6.45) is 6.86. The van der Waals surface area contributed by atoms with Crippen LogP contribution in [-0.2, 0) is 14.3 Å². The van der Waals surface area contributed by atoms with E-state index >= 15 is 0 Å². The molecule has 1 saturated carbocycles. The van der Waals surface area contributed by atoms with Gasteiger partial charge in [-0.1, -0.05) is 37.5 Å².